The molecule has 0 spiro atoms. The summed E-state index contributed by atoms with van der Waals surface area (Å²) < 4.78 is 5.98. The van der Waals surface area contributed by atoms with Crippen LogP contribution in [-0.4, -0.2) is 53.6 Å². The van der Waals surface area contributed by atoms with E-state index in [-0.39, 0.29) is 18.6 Å². The fourth-order valence-corrected chi connectivity index (χ4v) is 3.92. The Kier molecular flexibility index (Phi) is 3.80. The summed E-state index contributed by atoms with van der Waals surface area (Å²) in [5, 5.41) is 0. The molecule has 0 bridgehead atoms. The molecule has 2 atom stereocenters. The number of fused-ring (bicyclic) bond motifs is 1. The third-order valence-corrected chi connectivity index (χ3v) is 5.28. The van der Waals surface area contributed by atoms with Gasteiger partial charge in [-0.2, -0.15) is 4.98 Å². The molecule has 2 N–H and O–H groups in total. The van der Waals surface area contributed by atoms with Crippen molar-refractivity contribution in [2.75, 3.05) is 37.4 Å². The maximum Gasteiger partial charge on any atom is 0.249 e. The number of likely N-dealkylation sites (N-methyl/N-ethyl adjacent to an activating group) is 1. The standard InChI is InChI=1S/C18H21N5O2/c1-22-16(24)12-25-14-11-23(17-20-9-7-15(19)21-17)10-8-18(14,22)13-5-3-2-4-6-13/h2-7,9,14H,8,10-12H2,1H3,(H2,19,20,21)/t14-,18+/m1/s1. The lowest BCUT2D eigenvalue weighted by atomic mass is 9.76. The van der Waals surface area contributed by atoms with Crippen LogP contribution in [0.4, 0.5) is 11.8 Å². The zero-order valence-electron chi connectivity index (χ0n) is 14.1. The Morgan fingerprint density at radius 1 is 1.28 bits per heavy atom. The minimum Gasteiger partial charge on any atom is -0.384 e. The van der Waals surface area contributed by atoms with Gasteiger partial charge in [0.2, 0.25) is 11.9 Å². The molecule has 1 aromatic heterocycles. The van der Waals surface area contributed by atoms with E-state index in [2.05, 4.69) is 27.0 Å². The Bertz CT molecular complexity index is 784. The lowest BCUT2D eigenvalue weighted by molar-refractivity contribution is -0.173. The van der Waals surface area contributed by atoms with E-state index in [9.17, 15) is 4.79 Å². The number of nitrogens with two attached hydrogens (primary N) is 1. The van der Waals surface area contributed by atoms with Crippen molar-refractivity contribution in [3.8, 4) is 0 Å². The van der Waals surface area contributed by atoms with Gasteiger partial charge < -0.3 is 20.3 Å². The first-order valence-electron chi connectivity index (χ1n) is 8.38. The molecule has 1 amide bonds. The number of morpholine rings is 1. The fraction of sp³-hybridized carbons (Fsp3) is 0.389. The van der Waals surface area contributed by atoms with Crippen LogP contribution < -0.4 is 10.6 Å². The number of anilines is 2. The summed E-state index contributed by atoms with van der Waals surface area (Å²) in [7, 11) is 1.87. The van der Waals surface area contributed by atoms with Gasteiger partial charge >= 0.3 is 0 Å². The van der Waals surface area contributed by atoms with Gasteiger partial charge in [0.15, 0.2) is 0 Å². The Morgan fingerprint density at radius 2 is 2.08 bits per heavy atom. The van der Waals surface area contributed by atoms with E-state index in [4.69, 9.17) is 10.5 Å². The summed E-state index contributed by atoms with van der Waals surface area (Å²) in [6.07, 6.45) is 2.24. The summed E-state index contributed by atoms with van der Waals surface area (Å²) in [6.45, 7) is 1.42. The molecule has 2 aromatic rings. The third kappa shape index (κ3) is 2.51. The lowest BCUT2D eigenvalue weighted by Crippen LogP contribution is -2.67. The largest absolute Gasteiger partial charge is 0.384 e. The van der Waals surface area contributed by atoms with Gasteiger partial charge in [-0.15, -0.1) is 0 Å². The second-order valence-corrected chi connectivity index (χ2v) is 6.52. The minimum atomic E-state index is -0.465. The number of amides is 1. The molecule has 7 heteroatoms. The van der Waals surface area contributed by atoms with E-state index >= 15 is 0 Å². The fourth-order valence-electron chi connectivity index (χ4n) is 3.92. The van der Waals surface area contributed by atoms with Crippen LogP contribution in [0.25, 0.3) is 0 Å². The van der Waals surface area contributed by atoms with Gasteiger partial charge in [-0.1, -0.05) is 30.3 Å². The van der Waals surface area contributed by atoms with E-state index in [1.165, 1.54) is 0 Å². The monoisotopic (exact) mass is 339 g/mol. The maximum absolute atomic E-state index is 12.4. The van der Waals surface area contributed by atoms with Crippen LogP contribution in [0.5, 0.6) is 0 Å². The number of piperidine rings is 1. The second-order valence-electron chi connectivity index (χ2n) is 6.52. The van der Waals surface area contributed by atoms with Crippen molar-refractivity contribution in [3.05, 3.63) is 48.2 Å². The van der Waals surface area contributed by atoms with Crippen LogP contribution >= 0.6 is 0 Å². The van der Waals surface area contributed by atoms with E-state index in [1.807, 2.05) is 30.1 Å². The van der Waals surface area contributed by atoms with Crippen molar-refractivity contribution in [2.45, 2.75) is 18.1 Å². The zero-order valence-corrected chi connectivity index (χ0v) is 14.1. The molecule has 2 fully saturated rings. The number of nitrogens with zero attached hydrogens (tertiary/aromatic N) is 4. The van der Waals surface area contributed by atoms with Gasteiger partial charge in [0.25, 0.3) is 0 Å². The lowest BCUT2D eigenvalue weighted by Gasteiger charge is -2.54. The van der Waals surface area contributed by atoms with Gasteiger partial charge in [0, 0.05) is 26.3 Å². The summed E-state index contributed by atoms with van der Waals surface area (Å²) >= 11 is 0. The van der Waals surface area contributed by atoms with E-state index in [1.54, 1.807) is 12.3 Å². The number of ether oxygens (including phenoxy) is 1. The first-order chi connectivity index (χ1) is 12.1. The minimum absolute atomic E-state index is 0.00811. The average molecular weight is 339 g/mol. The van der Waals surface area contributed by atoms with Crippen molar-refractivity contribution in [3.63, 3.8) is 0 Å². The van der Waals surface area contributed by atoms with Gasteiger partial charge in [-0.05, 0) is 18.1 Å². The van der Waals surface area contributed by atoms with Gasteiger partial charge in [-0.3, -0.25) is 4.79 Å². The van der Waals surface area contributed by atoms with Crippen LogP contribution in [-0.2, 0) is 15.1 Å². The van der Waals surface area contributed by atoms with E-state index in [0.29, 0.717) is 18.3 Å². The number of aromatic nitrogens is 2. The molecule has 2 aliphatic rings. The van der Waals surface area contributed by atoms with Gasteiger partial charge in [0.1, 0.15) is 18.5 Å². The van der Waals surface area contributed by atoms with Crippen LogP contribution in [0, 0.1) is 0 Å². The molecule has 0 saturated carbocycles. The normalized spacial score (nSPS) is 26.4. The van der Waals surface area contributed by atoms with Gasteiger partial charge in [0.05, 0.1) is 5.54 Å². The molecular formula is C18H21N5O2. The van der Waals surface area contributed by atoms with Crippen molar-refractivity contribution >= 4 is 17.7 Å². The Balaban J connectivity index is 1.70. The zero-order chi connectivity index (χ0) is 17.4. The van der Waals surface area contributed by atoms with Crippen LogP contribution in [0.1, 0.15) is 12.0 Å². The molecule has 25 heavy (non-hydrogen) atoms. The predicted octanol–water partition coefficient (Wildman–Crippen LogP) is 1.02. The van der Waals surface area contributed by atoms with Crippen molar-refractivity contribution in [1.29, 1.82) is 0 Å². The molecule has 130 valence electrons. The van der Waals surface area contributed by atoms with Crippen molar-refractivity contribution in [2.24, 2.45) is 0 Å². The Labute approximate surface area is 146 Å². The molecule has 7 nitrogen and oxygen atoms in total. The highest BCUT2D eigenvalue weighted by Gasteiger charge is 2.52. The Morgan fingerprint density at radius 3 is 2.84 bits per heavy atom. The first-order valence-corrected chi connectivity index (χ1v) is 8.38. The van der Waals surface area contributed by atoms with Crippen molar-refractivity contribution in [1.82, 2.24) is 14.9 Å². The number of nitrogen functional groups attached to an aromatic ring is 1. The van der Waals surface area contributed by atoms with Crippen LogP contribution in [0.3, 0.4) is 0 Å². The quantitative estimate of drug-likeness (QED) is 0.879. The molecule has 4 rings (SSSR count). The molecule has 0 unspecified atom stereocenters. The van der Waals surface area contributed by atoms with Crippen LogP contribution in [0.2, 0.25) is 0 Å². The number of benzene rings is 1. The predicted molar refractivity (Wildman–Crippen MR) is 93.9 cm³/mol. The number of hydrogen-bond acceptors (Lipinski definition) is 6. The SMILES string of the molecule is CN1C(=O)CO[C@@H]2CN(c3nccc(N)n3)CC[C@]21c1ccccc1. The molecule has 3 heterocycles. The highest BCUT2D eigenvalue weighted by Crippen LogP contribution is 2.42. The third-order valence-electron chi connectivity index (χ3n) is 5.28. The summed E-state index contributed by atoms with van der Waals surface area (Å²) in [5.74, 6) is 1.06. The Hall–Kier alpha value is -2.67. The van der Waals surface area contributed by atoms with Crippen molar-refractivity contribution < 1.29 is 9.53 Å². The average Bonchev–Trinajstić information content (AvgIpc) is 2.65. The molecule has 0 radical (unpaired) electrons. The summed E-state index contributed by atoms with van der Waals surface area (Å²) in [4.78, 5) is 24.9. The highest BCUT2D eigenvalue weighted by atomic mass is 16.5. The molecule has 1 aromatic carbocycles. The van der Waals surface area contributed by atoms with Gasteiger partial charge in [-0.25, -0.2) is 4.98 Å². The number of carbonyl (C=O) groups excluding carboxylic acids is 1. The number of rotatable bonds is 2. The van der Waals surface area contributed by atoms with E-state index in [0.717, 1.165) is 18.5 Å². The second kappa shape index (κ2) is 6.00. The van der Waals surface area contributed by atoms with E-state index < -0.39 is 5.54 Å². The van der Waals surface area contributed by atoms with Crippen LogP contribution in [0.15, 0.2) is 42.6 Å². The molecule has 0 aliphatic carbocycles. The highest BCUT2D eigenvalue weighted by molar-refractivity contribution is 5.79. The molecular weight excluding hydrogens is 318 g/mol. The number of hydrogen-bond donors (Lipinski definition) is 1. The first kappa shape index (κ1) is 15.8. The topological polar surface area (TPSA) is 84.6 Å². The maximum atomic E-state index is 12.4. The number of carbonyl (C=O) groups is 1. The smallest absolute Gasteiger partial charge is 0.249 e. The summed E-state index contributed by atoms with van der Waals surface area (Å²) in [6, 6.07) is 11.8. The summed E-state index contributed by atoms with van der Waals surface area (Å²) in [5.41, 5.74) is 6.43. The molecule has 2 saturated heterocycles. The molecule has 2 aliphatic heterocycles.